The molecule has 1 aromatic carbocycles. The van der Waals surface area contributed by atoms with Gasteiger partial charge in [0.25, 0.3) is 0 Å². The lowest BCUT2D eigenvalue weighted by Gasteiger charge is -2.62. The topological polar surface area (TPSA) is 193 Å². The van der Waals surface area contributed by atoms with Crippen molar-refractivity contribution in [1.82, 2.24) is 4.98 Å². The first kappa shape index (κ1) is 30.1. The van der Waals surface area contributed by atoms with Crippen LogP contribution in [0.15, 0.2) is 60.0 Å². The van der Waals surface area contributed by atoms with Gasteiger partial charge in [0.05, 0.1) is 24.0 Å². The molecule has 45 heavy (non-hydrogen) atoms. The third-order valence-electron chi connectivity index (χ3n) is 11.1. The zero-order valence-corrected chi connectivity index (χ0v) is 24.9. The minimum atomic E-state index is -2.20. The number of pyridine rings is 1. The highest BCUT2D eigenvalue weighted by Crippen LogP contribution is 2.59. The van der Waals surface area contributed by atoms with Gasteiger partial charge in [0.2, 0.25) is 6.29 Å². The van der Waals surface area contributed by atoms with Crippen LogP contribution in [0.5, 0.6) is 5.75 Å². The van der Waals surface area contributed by atoms with E-state index in [9.17, 15) is 35.1 Å². The van der Waals surface area contributed by atoms with Crippen LogP contribution in [0.25, 0.3) is 0 Å². The third-order valence-corrected chi connectivity index (χ3v) is 11.1. The van der Waals surface area contributed by atoms with E-state index in [1.807, 2.05) is 6.07 Å². The molecule has 2 aromatic rings. The summed E-state index contributed by atoms with van der Waals surface area (Å²) < 4.78 is 12.3. The number of nitrogen functional groups attached to an aromatic ring is 1. The van der Waals surface area contributed by atoms with Crippen LogP contribution in [0, 0.1) is 17.8 Å². The van der Waals surface area contributed by atoms with Crippen molar-refractivity contribution >= 4 is 17.4 Å². The number of rotatable bonds is 5. The second-order valence-corrected chi connectivity index (χ2v) is 13.4. The second-order valence-electron chi connectivity index (χ2n) is 13.4. The second kappa shape index (κ2) is 10.5. The predicted molar refractivity (Wildman–Crippen MR) is 160 cm³/mol. The van der Waals surface area contributed by atoms with Gasteiger partial charge in [-0.25, -0.2) is 4.98 Å². The van der Waals surface area contributed by atoms with E-state index in [0.717, 1.165) is 18.4 Å². The Labute approximate surface area is 260 Å². The molecule has 2 bridgehead atoms. The molecule has 8 atom stereocenters. The molecule has 238 valence electrons. The van der Waals surface area contributed by atoms with Crippen LogP contribution in [0.4, 0.5) is 5.82 Å². The molecule has 0 amide bonds. The van der Waals surface area contributed by atoms with Crippen molar-refractivity contribution < 1.29 is 44.6 Å². The van der Waals surface area contributed by atoms with Crippen molar-refractivity contribution in [1.29, 1.82) is 0 Å². The Morgan fingerprint density at radius 1 is 1.11 bits per heavy atom. The molecule has 3 fully saturated rings. The van der Waals surface area contributed by atoms with Gasteiger partial charge in [-0.2, -0.15) is 0 Å². The van der Waals surface area contributed by atoms with Crippen LogP contribution < -0.4 is 10.5 Å². The number of nitrogens with zero attached hydrogens (tertiary/aromatic N) is 1. The number of aliphatic hydroxyl groups is 5. The van der Waals surface area contributed by atoms with E-state index < -0.39 is 65.3 Å². The molecule has 0 unspecified atom stereocenters. The first-order valence-electron chi connectivity index (χ1n) is 15.5. The minimum absolute atomic E-state index is 0.0650. The van der Waals surface area contributed by atoms with Gasteiger partial charge in [-0.3, -0.25) is 9.59 Å². The number of benzene rings is 1. The molecular weight excluding hydrogens is 580 g/mol. The molecular formula is C34H38N2O9. The Kier molecular flexibility index (Phi) is 6.99. The monoisotopic (exact) mass is 618 g/mol. The Hall–Kier alpha value is -3.61. The van der Waals surface area contributed by atoms with Crippen molar-refractivity contribution in [3.63, 3.8) is 0 Å². The summed E-state index contributed by atoms with van der Waals surface area (Å²) in [6.07, 6.45) is 3.18. The third kappa shape index (κ3) is 4.18. The zero-order chi connectivity index (χ0) is 31.9. The maximum atomic E-state index is 13.8. The van der Waals surface area contributed by atoms with Crippen LogP contribution >= 0.6 is 0 Å². The van der Waals surface area contributed by atoms with E-state index in [2.05, 4.69) is 4.98 Å². The lowest BCUT2D eigenvalue weighted by Crippen LogP contribution is -2.79. The van der Waals surface area contributed by atoms with Gasteiger partial charge in [-0.15, -0.1) is 0 Å². The molecule has 2 saturated carbocycles. The number of hydrogen-bond acceptors (Lipinski definition) is 11. The number of carbonyl (C=O) groups excluding carboxylic acids is 2. The standard InChI is InChI=1S/C34H38N2O9/c1-17-13-20-25(21(38)14-17)28(40)26-19(27(20)39)5-4-6-22(26)44-30-29(41)34(43)23(7-11-33(16-37,45-30)31(34)42)32(9-2-3-10-32)18-8-12-36-24(35)15-18/h4-6,8,12-15,20,23,25,29-31,37-38,41-43H,2-3,7,9-11,16H2,1H3,(H2,35,36)/t20-,23-,25-,29-,30+,31+,33+,34+/m0/s1. The fourth-order valence-corrected chi connectivity index (χ4v) is 8.99. The number of hydrogen-bond donors (Lipinski definition) is 6. The molecule has 4 aliphatic carbocycles. The summed E-state index contributed by atoms with van der Waals surface area (Å²) >= 11 is 0. The van der Waals surface area contributed by atoms with Gasteiger partial charge < -0.3 is 40.7 Å². The van der Waals surface area contributed by atoms with Gasteiger partial charge >= 0.3 is 0 Å². The summed E-state index contributed by atoms with van der Waals surface area (Å²) in [5.74, 6) is -3.52. The molecule has 1 saturated heterocycles. The first-order valence-corrected chi connectivity index (χ1v) is 15.5. The Morgan fingerprint density at radius 2 is 1.87 bits per heavy atom. The van der Waals surface area contributed by atoms with Crippen LogP contribution in [0.3, 0.4) is 0 Å². The summed E-state index contributed by atoms with van der Waals surface area (Å²) in [5.41, 5.74) is 3.11. The van der Waals surface area contributed by atoms with Crippen molar-refractivity contribution in [2.75, 3.05) is 12.3 Å². The molecule has 1 aromatic heterocycles. The molecule has 11 heteroatoms. The minimum Gasteiger partial charge on any atom is -0.511 e. The SMILES string of the molecule is CC1=C[C@@H]2C(=O)c3cccc(O[C@@H]4O[C@@]5(CO)CC[C@@H](C6(c7ccnc(N)c7)CCCC6)[C@](O)([C@@H]5O)[C@H]4O)c3C(=O)[C@@H]2C(O)=C1. The van der Waals surface area contributed by atoms with Gasteiger partial charge in [-0.05, 0) is 62.4 Å². The highest BCUT2D eigenvalue weighted by atomic mass is 16.7. The van der Waals surface area contributed by atoms with Crippen molar-refractivity contribution in [2.45, 2.75) is 80.6 Å². The molecule has 2 heterocycles. The number of ether oxygens (including phenoxy) is 2. The molecule has 7 N–H and O–H groups in total. The maximum Gasteiger partial charge on any atom is 0.229 e. The van der Waals surface area contributed by atoms with Crippen LogP contribution in [0.1, 0.15) is 71.7 Å². The van der Waals surface area contributed by atoms with Gasteiger partial charge in [0.15, 0.2) is 11.6 Å². The number of fused-ring (bicyclic) bond motifs is 4. The van der Waals surface area contributed by atoms with Gasteiger partial charge in [0, 0.05) is 23.1 Å². The summed E-state index contributed by atoms with van der Waals surface area (Å²) in [6.45, 7) is 1.07. The van der Waals surface area contributed by atoms with E-state index in [0.29, 0.717) is 30.7 Å². The summed E-state index contributed by atoms with van der Waals surface area (Å²) in [4.78, 5) is 31.5. The normalized spacial score (nSPS) is 36.9. The maximum absolute atomic E-state index is 13.8. The van der Waals surface area contributed by atoms with Gasteiger partial charge in [-0.1, -0.05) is 36.6 Å². The average molecular weight is 619 g/mol. The Bertz CT molecular complexity index is 1630. The number of ketones is 2. The Morgan fingerprint density at radius 3 is 2.58 bits per heavy atom. The van der Waals surface area contributed by atoms with Crippen LogP contribution in [0.2, 0.25) is 0 Å². The van der Waals surface area contributed by atoms with Crippen molar-refractivity contribution in [3.05, 3.63) is 76.7 Å². The number of aliphatic hydroxyl groups excluding tert-OH is 4. The predicted octanol–water partition coefficient (Wildman–Crippen LogP) is 2.52. The largest absolute Gasteiger partial charge is 0.511 e. The van der Waals surface area contributed by atoms with Crippen LogP contribution in [-0.2, 0) is 10.2 Å². The lowest BCUT2D eigenvalue weighted by atomic mass is 9.52. The number of aromatic nitrogens is 1. The van der Waals surface area contributed by atoms with Crippen molar-refractivity contribution in [2.24, 2.45) is 17.8 Å². The fraction of sp³-hybridized carbons (Fsp3) is 0.500. The number of Topliss-reactive ketones (excluding diaryl/α,β-unsaturated/α-hetero) is 2. The smallest absolute Gasteiger partial charge is 0.229 e. The molecule has 5 aliphatic rings. The van der Waals surface area contributed by atoms with E-state index >= 15 is 0 Å². The fourth-order valence-electron chi connectivity index (χ4n) is 8.99. The zero-order valence-electron chi connectivity index (χ0n) is 24.9. The van der Waals surface area contributed by atoms with E-state index in [4.69, 9.17) is 15.2 Å². The van der Waals surface area contributed by atoms with E-state index in [1.54, 1.807) is 31.3 Å². The highest BCUT2D eigenvalue weighted by molar-refractivity contribution is 6.19. The van der Waals surface area contributed by atoms with E-state index in [1.165, 1.54) is 18.2 Å². The molecule has 0 radical (unpaired) electrons. The summed E-state index contributed by atoms with van der Waals surface area (Å²) in [6, 6.07) is 8.13. The molecule has 7 rings (SSSR count). The first-order chi connectivity index (χ1) is 21.5. The van der Waals surface area contributed by atoms with Gasteiger partial charge in [0.1, 0.15) is 40.7 Å². The Balaban J connectivity index is 1.29. The lowest BCUT2D eigenvalue weighted by molar-refractivity contribution is -0.381. The average Bonchev–Trinajstić information content (AvgIpc) is 3.51. The molecule has 1 aliphatic heterocycles. The summed E-state index contributed by atoms with van der Waals surface area (Å²) in [5, 5.41) is 57.5. The molecule has 11 nitrogen and oxygen atoms in total. The number of carbonyl (C=O) groups is 2. The van der Waals surface area contributed by atoms with Crippen LogP contribution in [-0.4, -0.2) is 78.4 Å². The van der Waals surface area contributed by atoms with E-state index in [-0.39, 0.29) is 34.8 Å². The highest BCUT2D eigenvalue weighted by Gasteiger charge is 2.71. The van der Waals surface area contributed by atoms with Crippen molar-refractivity contribution in [3.8, 4) is 5.75 Å². The number of nitrogens with two attached hydrogens (primary N) is 1. The summed E-state index contributed by atoms with van der Waals surface area (Å²) in [7, 11) is 0. The number of allylic oxidation sites excluding steroid dienone is 4. The number of anilines is 1. The molecule has 0 spiro atoms. The quantitative estimate of drug-likeness (QED) is 0.288.